The highest BCUT2D eigenvalue weighted by atomic mass is 16.6. The van der Waals surface area contributed by atoms with Crippen molar-refractivity contribution in [3.05, 3.63) is 59.7 Å². The molecule has 0 saturated carbocycles. The van der Waals surface area contributed by atoms with E-state index in [-0.39, 0.29) is 0 Å². The quantitative estimate of drug-likeness (QED) is 0.897. The third-order valence-electron chi connectivity index (χ3n) is 2.86. The summed E-state index contributed by atoms with van der Waals surface area (Å²) in [6.07, 6.45) is 0.316. The number of amides is 1. The van der Waals surface area contributed by atoms with Crippen molar-refractivity contribution in [1.82, 2.24) is 0 Å². The minimum atomic E-state index is -0.500. The van der Waals surface area contributed by atoms with Gasteiger partial charge in [0.1, 0.15) is 5.75 Å². The summed E-state index contributed by atoms with van der Waals surface area (Å²) in [7, 11) is 0. The zero-order chi connectivity index (χ0) is 14.4. The highest BCUT2D eigenvalue weighted by Gasteiger charge is 2.04. The Morgan fingerprint density at radius 2 is 1.75 bits per heavy atom. The van der Waals surface area contributed by atoms with E-state index in [1.54, 1.807) is 12.1 Å². The molecule has 3 N–H and O–H groups in total. The Hall–Kier alpha value is -2.33. The van der Waals surface area contributed by atoms with E-state index < -0.39 is 6.09 Å². The SMILES string of the molecule is Cc1ccc(NC(=O)Oc2ccc(CCN)cc2)cc1. The van der Waals surface area contributed by atoms with Gasteiger partial charge in [-0.3, -0.25) is 5.32 Å². The minimum absolute atomic E-state index is 0.500. The van der Waals surface area contributed by atoms with Crippen LogP contribution in [0.1, 0.15) is 11.1 Å². The molecule has 0 bridgehead atoms. The van der Waals surface area contributed by atoms with Crippen molar-refractivity contribution in [1.29, 1.82) is 0 Å². The number of rotatable bonds is 4. The Morgan fingerprint density at radius 1 is 1.10 bits per heavy atom. The van der Waals surface area contributed by atoms with Crippen LogP contribution >= 0.6 is 0 Å². The van der Waals surface area contributed by atoms with E-state index in [4.69, 9.17) is 10.5 Å². The van der Waals surface area contributed by atoms with Crippen LogP contribution in [0.4, 0.5) is 10.5 Å². The molecule has 4 heteroatoms. The molecule has 0 aliphatic heterocycles. The predicted molar refractivity (Wildman–Crippen MR) is 80.0 cm³/mol. The smallest absolute Gasteiger partial charge is 0.410 e. The molecule has 0 fully saturated rings. The molecule has 2 aromatic carbocycles. The summed E-state index contributed by atoms with van der Waals surface area (Å²) in [6, 6.07) is 14.9. The molecule has 0 heterocycles. The summed E-state index contributed by atoms with van der Waals surface area (Å²) in [5, 5.41) is 2.68. The van der Waals surface area contributed by atoms with Crippen LogP contribution in [0.3, 0.4) is 0 Å². The van der Waals surface area contributed by atoms with Gasteiger partial charge in [-0.1, -0.05) is 29.8 Å². The van der Waals surface area contributed by atoms with Gasteiger partial charge in [-0.05, 0) is 49.7 Å². The van der Waals surface area contributed by atoms with Crippen LogP contribution in [-0.4, -0.2) is 12.6 Å². The van der Waals surface area contributed by atoms with Gasteiger partial charge in [-0.2, -0.15) is 0 Å². The first-order valence-corrected chi connectivity index (χ1v) is 6.52. The maximum atomic E-state index is 11.7. The van der Waals surface area contributed by atoms with Gasteiger partial charge in [-0.25, -0.2) is 4.79 Å². The van der Waals surface area contributed by atoms with Crippen LogP contribution in [0.2, 0.25) is 0 Å². The molecule has 0 aromatic heterocycles. The zero-order valence-corrected chi connectivity index (χ0v) is 11.4. The predicted octanol–water partition coefficient (Wildman–Crippen LogP) is 3.11. The first-order chi connectivity index (χ1) is 9.67. The molecule has 1 amide bonds. The van der Waals surface area contributed by atoms with E-state index in [2.05, 4.69) is 5.32 Å². The number of ether oxygens (including phenoxy) is 1. The molecule has 4 nitrogen and oxygen atoms in total. The Morgan fingerprint density at radius 3 is 2.35 bits per heavy atom. The number of hydrogen-bond donors (Lipinski definition) is 2. The van der Waals surface area contributed by atoms with E-state index in [1.807, 2.05) is 43.3 Å². The zero-order valence-electron chi connectivity index (χ0n) is 11.4. The van der Waals surface area contributed by atoms with Crippen LogP contribution in [0, 0.1) is 6.92 Å². The van der Waals surface area contributed by atoms with Gasteiger partial charge >= 0.3 is 6.09 Å². The second-order valence-electron chi connectivity index (χ2n) is 4.56. The lowest BCUT2D eigenvalue weighted by Gasteiger charge is -2.07. The lowest BCUT2D eigenvalue weighted by atomic mass is 10.1. The molecule has 0 aliphatic rings. The summed E-state index contributed by atoms with van der Waals surface area (Å²) in [4.78, 5) is 11.7. The van der Waals surface area contributed by atoms with E-state index in [1.165, 1.54) is 0 Å². The van der Waals surface area contributed by atoms with Gasteiger partial charge in [0, 0.05) is 5.69 Å². The Balaban J connectivity index is 1.92. The fourth-order valence-electron chi connectivity index (χ4n) is 1.78. The molecule has 0 saturated heterocycles. The van der Waals surface area contributed by atoms with E-state index >= 15 is 0 Å². The van der Waals surface area contributed by atoms with Crippen molar-refractivity contribution in [3.63, 3.8) is 0 Å². The van der Waals surface area contributed by atoms with Crippen LogP contribution < -0.4 is 15.8 Å². The monoisotopic (exact) mass is 270 g/mol. The van der Waals surface area contributed by atoms with Gasteiger partial charge in [0.25, 0.3) is 0 Å². The number of hydrogen-bond acceptors (Lipinski definition) is 3. The third-order valence-corrected chi connectivity index (χ3v) is 2.86. The maximum Gasteiger partial charge on any atom is 0.417 e. The van der Waals surface area contributed by atoms with Crippen molar-refractivity contribution < 1.29 is 9.53 Å². The molecule has 0 radical (unpaired) electrons. The summed E-state index contributed by atoms with van der Waals surface area (Å²) >= 11 is 0. The molecule has 0 aliphatic carbocycles. The van der Waals surface area contributed by atoms with Gasteiger partial charge in [-0.15, -0.1) is 0 Å². The molecular formula is C16H18N2O2. The molecule has 2 rings (SSSR count). The minimum Gasteiger partial charge on any atom is -0.410 e. The number of carbonyl (C=O) groups excluding carboxylic acids is 1. The van der Waals surface area contributed by atoms with E-state index in [9.17, 15) is 4.79 Å². The van der Waals surface area contributed by atoms with Gasteiger partial charge in [0.2, 0.25) is 0 Å². The summed E-state index contributed by atoms with van der Waals surface area (Å²) < 4.78 is 5.20. The van der Waals surface area contributed by atoms with Crippen molar-refractivity contribution in [2.24, 2.45) is 5.73 Å². The third kappa shape index (κ3) is 4.10. The number of aryl methyl sites for hydroxylation is 1. The Bertz CT molecular complexity index is 562. The fraction of sp³-hybridized carbons (Fsp3) is 0.188. The Kier molecular flexibility index (Phi) is 4.74. The second kappa shape index (κ2) is 6.73. The molecule has 0 unspecified atom stereocenters. The van der Waals surface area contributed by atoms with Crippen molar-refractivity contribution in [2.45, 2.75) is 13.3 Å². The number of nitrogens with two attached hydrogens (primary N) is 1. The van der Waals surface area contributed by atoms with Crippen molar-refractivity contribution in [3.8, 4) is 5.75 Å². The van der Waals surface area contributed by atoms with E-state index in [0.717, 1.165) is 17.5 Å². The average molecular weight is 270 g/mol. The number of nitrogens with one attached hydrogen (secondary N) is 1. The number of benzene rings is 2. The highest BCUT2D eigenvalue weighted by Crippen LogP contribution is 2.14. The summed E-state index contributed by atoms with van der Waals surface area (Å²) in [5.74, 6) is 0.510. The van der Waals surface area contributed by atoms with Gasteiger partial charge in [0.05, 0.1) is 0 Å². The molecule has 104 valence electrons. The largest absolute Gasteiger partial charge is 0.417 e. The lowest BCUT2D eigenvalue weighted by molar-refractivity contribution is 0.215. The van der Waals surface area contributed by atoms with E-state index in [0.29, 0.717) is 18.0 Å². The van der Waals surface area contributed by atoms with Crippen LogP contribution in [0.5, 0.6) is 5.75 Å². The van der Waals surface area contributed by atoms with Crippen LogP contribution in [0.25, 0.3) is 0 Å². The topological polar surface area (TPSA) is 64.3 Å². The lowest BCUT2D eigenvalue weighted by Crippen LogP contribution is -2.16. The molecule has 0 spiro atoms. The van der Waals surface area contributed by atoms with Crippen LogP contribution in [-0.2, 0) is 6.42 Å². The standard InChI is InChI=1S/C16H18N2O2/c1-12-2-6-14(7-3-12)18-16(19)20-15-8-4-13(5-9-15)10-11-17/h2-9H,10-11,17H2,1H3,(H,18,19). The Labute approximate surface area is 118 Å². The van der Waals surface area contributed by atoms with Gasteiger partial charge < -0.3 is 10.5 Å². The van der Waals surface area contributed by atoms with Crippen molar-refractivity contribution >= 4 is 11.8 Å². The molecule has 2 aromatic rings. The first-order valence-electron chi connectivity index (χ1n) is 6.52. The number of carbonyl (C=O) groups is 1. The average Bonchev–Trinajstić information content (AvgIpc) is 2.44. The van der Waals surface area contributed by atoms with Gasteiger partial charge in [0.15, 0.2) is 0 Å². The van der Waals surface area contributed by atoms with Crippen LogP contribution in [0.15, 0.2) is 48.5 Å². The van der Waals surface area contributed by atoms with Crippen molar-refractivity contribution in [2.75, 3.05) is 11.9 Å². The number of anilines is 1. The first kappa shape index (κ1) is 14.1. The maximum absolute atomic E-state index is 11.7. The normalized spacial score (nSPS) is 10.1. The summed E-state index contributed by atoms with van der Waals surface area (Å²) in [5.41, 5.74) is 8.45. The molecule has 0 atom stereocenters. The summed E-state index contributed by atoms with van der Waals surface area (Å²) in [6.45, 7) is 2.60. The second-order valence-corrected chi connectivity index (χ2v) is 4.56. The molecule has 20 heavy (non-hydrogen) atoms. The fourth-order valence-corrected chi connectivity index (χ4v) is 1.78. The highest BCUT2D eigenvalue weighted by molar-refractivity contribution is 5.86. The molecular weight excluding hydrogens is 252 g/mol.